The number of aliphatic hydroxyl groups is 4. The molecular formula is C26H22N2O6. The molecule has 8 heteroatoms. The summed E-state index contributed by atoms with van der Waals surface area (Å²) in [4.78, 5) is 7.95. The van der Waals surface area contributed by atoms with E-state index in [1.54, 1.807) is 67.3 Å². The van der Waals surface area contributed by atoms with Crippen molar-refractivity contribution in [2.45, 2.75) is 30.7 Å². The summed E-state index contributed by atoms with van der Waals surface area (Å²) in [5.41, 5.74) is 2.75. The second-order valence-corrected chi connectivity index (χ2v) is 7.53. The molecule has 1 aliphatic heterocycles. The van der Waals surface area contributed by atoms with E-state index >= 15 is 0 Å². The summed E-state index contributed by atoms with van der Waals surface area (Å²) < 4.78 is 11.2. The molecule has 4 N–H and O–H groups in total. The van der Waals surface area contributed by atoms with Gasteiger partial charge in [-0.2, -0.15) is 0 Å². The van der Waals surface area contributed by atoms with Crippen LogP contribution in [-0.2, 0) is 4.74 Å². The molecule has 0 radical (unpaired) electrons. The van der Waals surface area contributed by atoms with Crippen molar-refractivity contribution >= 4 is 0 Å². The highest BCUT2D eigenvalue weighted by atomic mass is 16.7. The standard InChI is InChI=1S/C26H22N2O6/c29-16-22-23(30)24(31)25(32)26(34-22)33-21-14-19(3-1-17-5-9-27-10-6-17)13-20(15-21)4-2-18-7-11-28-12-8-18/h5-15,22-26,29-32H,16H2/t22-,23+,24+,25-,26-/m1/s1. The molecule has 0 amide bonds. The Labute approximate surface area is 196 Å². The number of pyridine rings is 2. The average molecular weight is 458 g/mol. The van der Waals surface area contributed by atoms with E-state index in [0.717, 1.165) is 11.1 Å². The number of rotatable bonds is 3. The first-order chi connectivity index (χ1) is 16.5. The normalized spacial score (nSPS) is 23.7. The van der Waals surface area contributed by atoms with Gasteiger partial charge in [-0.05, 0) is 42.5 Å². The molecule has 1 saturated heterocycles. The summed E-state index contributed by atoms with van der Waals surface area (Å²) in [5.74, 6) is 12.5. The number of aliphatic hydroxyl groups excluding tert-OH is 4. The second kappa shape index (κ2) is 10.9. The zero-order valence-corrected chi connectivity index (χ0v) is 17.9. The highest BCUT2D eigenvalue weighted by Gasteiger charge is 2.44. The van der Waals surface area contributed by atoms with Gasteiger partial charge in [0.05, 0.1) is 6.61 Å². The molecule has 3 aromatic rings. The number of nitrogens with zero attached hydrogens (tertiary/aromatic N) is 2. The SMILES string of the molecule is OC[C@H]1O[C@@H](Oc2cc(C#Cc3ccncc3)cc(C#Cc3ccncc3)c2)[C@H](O)[C@@H](O)[C@H]1O. The summed E-state index contributed by atoms with van der Waals surface area (Å²) in [6.07, 6.45) is -0.360. The van der Waals surface area contributed by atoms with Gasteiger partial charge in [-0.1, -0.05) is 23.7 Å². The minimum Gasteiger partial charge on any atom is -0.462 e. The zero-order chi connectivity index (χ0) is 23.9. The van der Waals surface area contributed by atoms with Gasteiger partial charge in [0.15, 0.2) is 0 Å². The van der Waals surface area contributed by atoms with Crippen molar-refractivity contribution in [1.29, 1.82) is 0 Å². The number of benzene rings is 1. The van der Waals surface area contributed by atoms with Crippen molar-refractivity contribution in [2.24, 2.45) is 0 Å². The molecule has 1 aliphatic rings. The van der Waals surface area contributed by atoms with Gasteiger partial charge >= 0.3 is 0 Å². The minimum atomic E-state index is -1.54. The van der Waals surface area contributed by atoms with Crippen molar-refractivity contribution in [1.82, 2.24) is 9.97 Å². The van der Waals surface area contributed by atoms with Crippen LogP contribution in [0, 0.1) is 23.7 Å². The van der Waals surface area contributed by atoms with E-state index in [-0.39, 0.29) is 5.75 Å². The Morgan fingerprint density at radius 2 is 1.21 bits per heavy atom. The van der Waals surface area contributed by atoms with E-state index in [0.29, 0.717) is 11.1 Å². The fourth-order valence-electron chi connectivity index (χ4n) is 3.27. The number of aromatic nitrogens is 2. The van der Waals surface area contributed by atoms with Crippen LogP contribution in [0.25, 0.3) is 0 Å². The molecular weight excluding hydrogens is 436 g/mol. The Hall–Kier alpha value is -3.76. The van der Waals surface area contributed by atoms with Gasteiger partial charge in [-0.3, -0.25) is 9.97 Å². The Morgan fingerprint density at radius 1 is 0.706 bits per heavy atom. The van der Waals surface area contributed by atoms with Gasteiger partial charge in [0.2, 0.25) is 6.29 Å². The molecule has 0 bridgehead atoms. The topological polar surface area (TPSA) is 125 Å². The van der Waals surface area contributed by atoms with Crippen LogP contribution in [0.1, 0.15) is 22.3 Å². The van der Waals surface area contributed by atoms with E-state index in [1.165, 1.54) is 0 Å². The molecule has 5 atom stereocenters. The third-order valence-electron chi connectivity index (χ3n) is 5.07. The quantitative estimate of drug-likeness (QED) is 0.417. The van der Waals surface area contributed by atoms with E-state index in [2.05, 4.69) is 33.6 Å². The summed E-state index contributed by atoms with van der Waals surface area (Å²) in [6.45, 7) is -0.551. The summed E-state index contributed by atoms with van der Waals surface area (Å²) in [7, 11) is 0. The van der Waals surface area contributed by atoms with Crippen molar-refractivity contribution in [3.05, 3.63) is 89.5 Å². The van der Waals surface area contributed by atoms with Gasteiger partial charge < -0.3 is 29.9 Å². The second-order valence-electron chi connectivity index (χ2n) is 7.53. The van der Waals surface area contributed by atoms with Crippen molar-refractivity contribution in [3.63, 3.8) is 0 Å². The Balaban J connectivity index is 1.65. The highest BCUT2D eigenvalue weighted by Crippen LogP contribution is 2.25. The van der Waals surface area contributed by atoms with Crippen LogP contribution in [0.15, 0.2) is 67.3 Å². The molecule has 0 unspecified atom stereocenters. The van der Waals surface area contributed by atoms with Gasteiger partial charge in [-0.15, -0.1) is 0 Å². The summed E-state index contributed by atoms with van der Waals surface area (Å²) in [6, 6.07) is 12.2. The number of hydrogen-bond acceptors (Lipinski definition) is 8. The van der Waals surface area contributed by atoms with Gasteiger partial charge in [0, 0.05) is 47.0 Å². The highest BCUT2D eigenvalue weighted by molar-refractivity contribution is 5.52. The van der Waals surface area contributed by atoms with Gasteiger partial charge in [0.1, 0.15) is 30.2 Å². The molecule has 3 heterocycles. The predicted molar refractivity (Wildman–Crippen MR) is 121 cm³/mol. The molecule has 8 nitrogen and oxygen atoms in total. The maximum absolute atomic E-state index is 10.3. The molecule has 34 heavy (non-hydrogen) atoms. The first-order valence-electron chi connectivity index (χ1n) is 10.5. The van der Waals surface area contributed by atoms with Crippen molar-refractivity contribution in [3.8, 4) is 29.4 Å². The zero-order valence-electron chi connectivity index (χ0n) is 17.9. The smallest absolute Gasteiger partial charge is 0.229 e. The number of ether oxygens (including phenoxy) is 2. The fraction of sp³-hybridized carbons (Fsp3) is 0.231. The van der Waals surface area contributed by atoms with E-state index in [1.807, 2.05) is 0 Å². The Kier molecular flexibility index (Phi) is 7.51. The van der Waals surface area contributed by atoms with Crippen LogP contribution < -0.4 is 4.74 Å². The molecule has 1 aromatic carbocycles. The maximum Gasteiger partial charge on any atom is 0.229 e. The van der Waals surface area contributed by atoms with Crippen LogP contribution >= 0.6 is 0 Å². The van der Waals surface area contributed by atoms with Crippen LogP contribution in [0.4, 0.5) is 0 Å². The Morgan fingerprint density at radius 3 is 1.71 bits per heavy atom. The van der Waals surface area contributed by atoms with Gasteiger partial charge in [0.25, 0.3) is 0 Å². The largest absolute Gasteiger partial charge is 0.462 e. The van der Waals surface area contributed by atoms with Crippen molar-refractivity contribution in [2.75, 3.05) is 6.61 Å². The van der Waals surface area contributed by atoms with Crippen LogP contribution in [0.3, 0.4) is 0 Å². The lowest BCUT2D eigenvalue weighted by Gasteiger charge is -2.39. The van der Waals surface area contributed by atoms with Crippen LogP contribution in [-0.4, -0.2) is 67.7 Å². The van der Waals surface area contributed by atoms with Crippen LogP contribution in [0.2, 0.25) is 0 Å². The lowest BCUT2D eigenvalue weighted by Crippen LogP contribution is -2.60. The lowest BCUT2D eigenvalue weighted by molar-refractivity contribution is -0.277. The first kappa shape index (κ1) is 23.4. The minimum absolute atomic E-state index is 0.282. The molecule has 172 valence electrons. The van der Waals surface area contributed by atoms with Crippen molar-refractivity contribution < 1.29 is 29.9 Å². The first-order valence-corrected chi connectivity index (χ1v) is 10.5. The third-order valence-corrected chi connectivity index (χ3v) is 5.07. The Bertz CT molecular complexity index is 1150. The molecule has 0 spiro atoms. The van der Waals surface area contributed by atoms with E-state index in [4.69, 9.17) is 9.47 Å². The lowest BCUT2D eigenvalue weighted by atomic mass is 9.99. The van der Waals surface area contributed by atoms with E-state index < -0.39 is 37.3 Å². The molecule has 4 rings (SSSR count). The monoisotopic (exact) mass is 458 g/mol. The molecule has 0 saturated carbocycles. The molecule has 0 aliphatic carbocycles. The summed E-state index contributed by atoms with van der Waals surface area (Å²) in [5, 5.41) is 39.8. The third kappa shape index (κ3) is 5.77. The molecule has 2 aromatic heterocycles. The van der Waals surface area contributed by atoms with Crippen LogP contribution in [0.5, 0.6) is 5.75 Å². The maximum atomic E-state index is 10.3. The number of hydrogen-bond donors (Lipinski definition) is 4. The summed E-state index contributed by atoms with van der Waals surface area (Å²) >= 11 is 0. The average Bonchev–Trinajstić information content (AvgIpc) is 2.88. The van der Waals surface area contributed by atoms with Gasteiger partial charge in [-0.25, -0.2) is 0 Å². The molecule has 1 fully saturated rings. The fourth-order valence-corrected chi connectivity index (χ4v) is 3.27. The van der Waals surface area contributed by atoms with E-state index in [9.17, 15) is 20.4 Å². The predicted octanol–water partition coefficient (Wildman–Crippen LogP) is 0.455.